The highest BCUT2D eigenvalue weighted by Gasteiger charge is 2.17. The second-order valence-corrected chi connectivity index (χ2v) is 3.71. The molecule has 70 valence electrons. The highest BCUT2D eigenvalue weighted by atomic mass is 16.5. The minimum absolute atomic E-state index is 0.620. The molecule has 2 nitrogen and oxygen atoms in total. The van der Waals surface area contributed by atoms with Gasteiger partial charge in [-0.1, -0.05) is 6.92 Å². The number of nitrogens with zero attached hydrogens (tertiary/aromatic N) is 1. The summed E-state index contributed by atoms with van der Waals surface area (Å²) in [7, 11) is 1.69. The number of ether oxygens (including phenoxy) is 1. The van der Waals surface area contributed by atoms with Gasteiger partial charge in [-0.15, -0.1) is 0 Å². The molecule has 0 unspecified atom stereocenters. The number of aryl methyl sites for hydroxylation is 1. The average Bonchev–Trinajstić information content (AvgIpc) is 2.18. The van der Waals surface area contributed by atoms with E-state index < -0.39 is 0 Å². The molecule has 0 spiro atoms. The third-order valence-corrected chi connectivity index (χ3v) is 2.76. The molecule has 0 radical (unpaired) electrons. The van der Waals surface area contributed by atoms with Crippen LogP contribution in [0.2, 0.25) is 0 Å². The third-order valence-electron chi connectivity index (χ3n) is 2.76. The summed E-state index contributed by atoms with van der Waals surface area (Å²) in [5.74, 6) is 1.50. The Morgan fingerprint density at radius 3 is 3.15 bits per heavy atom. The summed E-state index contributed by atoms with van der Waals surface area (Å²) in [4.78, 5) is 4.45. The van der Waals surface area contributed by atoms with Gasteiger partial charge in [-0.2, -0.15) is 0 Å². The van der Waals surface area contributed by atoms with Gasteiger partial charge in [-0.25, -0.2) is 0 Å². The van der Waals surface area contributed by atoms with E-state index in [-0.39, 0.29) is 0 Å². The second kappa shape index (κ2) is 3.36. The molecule has 0 bridgehead atoms. The third kappa shape index (κ3) is 1.53. The topological polar surface area (TPSA) is 22.1 Å². The van der Waals surface area contributed by atoms with Crippen molar-refractivity contribution in [3.8, 4) is 5.75 Å². The van der Waals surface area contributed by atoms with E-state index >= 15 is 0 Å². The van der Waals surface area contributed by atoms with Gasteiger partial charge in [0.1, 0.15) is 5.75 Å². The predicted molar refractivity (Wildman–Crippen MR) is 52.1 cm³/mol. The normalized spacial score (nSPS) is 20.9. The van der Waals surface area contributed by atoms with Crippen LogP contribution in [0, 0.1) is 0 Å². The maximum Gasteiger partial charge on any atom is 0.137 e. The molecule has 0 amide bonds. The molecule has 2 heteroatoms. The fourth-order valence-corrected chi connectivity index (χ4v) is 1.99. The summed E-state index contributed by atoms with van der Waals surface area (Å²) in [5.41, 5.74) is 2.64. The first-order valence-corrected chi connectivity index (χ1v) is 4.84. The molecule has 1 heterocycles. The number of hydrogen-bond acceptors (Lipinski definition) is 2. The Morgan fingerprint density at radius 2 is 2.38 bits per heavy atom. The fourth-order valence-electron chi connectivity index (χ4n) is 1.99. The zero-order chi connectivity index (χ0) is 9.26. The number of fused-ring (bicyclic) bond motifs is 1. The first kappa shape index (κ1) is 8.54. The van der Waals surface area contributed by atoms with Crippen LogP contribution < -0.4 is 4.74 Å². The molecule has 2 rings (SSSR count). The van der Waals surface area contributed by atoms with E-state index in [1.165, 1.54) is 24.1 Å². The van der Waals surface area contributed by atoms with Gasteiger partial charge in [0, 0.05) is 5.69 Å². The standard InChI is InChI=1S/C11H15NO/c1-8-4-3-5-9-6-10(13-2)7-12-11(8)9/h6-8H,3-5H2,1-2H3/t8-/m0/s1. The van der Waals surface area contributed by atoms with E-state index in [2.05, 4.69) is 18.0 Å². The maximum absolute atomic E-state index is 5.15. The first-order valence-electron chi connectivity index (χ1n) is 4.84. The molecule has 1 aromatic heterocycles. The van der Waals surface area contributed by atoms with Crippen LogP contribution in [-0.2, 0) is 6.42 Å². The van der Waals surface area contributed by atoms with Crippen molar-refractivity contribution in [2.24, 2.45) is 0 Å². The van der Waals surface area contributed by atoms with Crippen LogP contribution in [0.3, 0.4) is 0 Å². The van der Waals surface area contributed by atoms with Crippen LogP contribution in [0.1, 0.15) is 36.9 Å². The zero-order valence-electron chi connectivity index (χ0n) is 8.21. The summed E-state index contributed by atoms with van der Waals surface area (Å²) in [6, 6.07) is 2.12. The molecule has 1 aromatic rings. The summed E-state index contributed by atoms with van der Waals surface area (Å²) in [6.07, 6.45) is 5.53. The lowest BCUT2D eigenvalue weighted by Gasteiger charge is -2.21. The van der Waals surface area contributed by atoms with Crippen molar-refractivity contribution < 1.29 is 4.74 Å². The van der Waals surface area contributed by atoms with Crippen molar-refractivity contribution in [2.45, 2.75) is 32.1 Å². The van der Waals surface area contributed by atoms with E-state index in [1.807, 2.05) is 6.20 Å². The number of pyridine rings is 1. The largest absolute Gasteiger partial charge is 0.495 e. The Balaban J connectivity index is 2.39. The van der Waals surface area contributed by atoms with Gasteiger partial charge in [-0.3, -0.25) is 4.98 Å². The second-order valence-electron chi connectivity index (χ2n) is 3.71. The van der Waals surface area contributed by atoms with E-state index in [1.54, 1.807) is 7.11 Å². The van der Waals surface area contributed by atoms with Gasteiger partial charge in [0.05, 0.1) is 13.3 Å². The van der Waals surface area contributed by atoms with Crippen molar-refractivity contribution >= 4 is 0 Å². The summed E-state index contributed by atoms with van der Waals surface area (Å²) in [5, 5.41) is 0. The lowest BCUT2D eigenvalue weighted by molar-refractivity contribution is 0.410. The molecule has 0 N–H and O–H groups in total. The molecule has 0 fully saturated rings. The Labute approximate surface area is 78.9 Å². The van der Waals surface area contributed by atoms with Crippen LogP contribution in [0.5, 0.6) is 5.75 Å². The minimum Gasteiger partial charge on any atom is -0.495 e. The highest BCUT2D eigenvalue weighted by Crippen LogP contribution is 2.30. The molecule has 1 atom stereocenters. The van der Waals surface area contributed by atoms with Gasteiger partial charge in [0.2, 0.25) is 0 Å². The Bertz CT molecular complexity index is 309. The van der Waals surface area contributed by atoms with E-state index in [9.17, 15) is 0 Å². The van der Waals surface area contributed by atoms with Gasteiger partial charge in [0.25, 0.3) is 0 Å². The average molecular weight is 177 g/mol. The SMILES string of the molecule is COc1cnc2c(c1)CCC[C@@H]2C. The number of aromatic nitrogens is 1. The number of methoxy groups -OCH3 is 1. The van der Waals surface area contributed by atoms with Crippen LogP contribution >= 0.6 is 0 Å². The van der Waals surface area contributed by atoms with Crippen molar-refractivity contribution in [1.29, 1.82) is 0 Å². The smallest absolute Gasteiger partial charge is 0.137 e. The first-order chi connectivity index (χ1) is 6.31. The molecule has 1 aliphatic rings. The van der Waals surface area contributed by atoms with Crippen LogP contribution in [-0.4, -0.2) is 12.1 Å². The Morgan fingerprint density at radius 1 is 1.54 bits per heavy atom. The molecule has 0 aromatic carbocycles. The van der Waals surface area contributed by atoms with E-state index in [4.69, 9.17) is 4.74 Å². The van der Waals surface area contributed by atoms with E-state index in [0.717, 1.165) is 12.2 Å². The van der Waals surface area contributed by atoms with Gasteiger partial charge in [-0.05, 0) is 36.8 Å². The zero-order valence-corrected chi connectivity index (χ0v) is 8.21. The molecule has 0 aliphatic heterocycles. The molecule has 0 saturated heterocycles. The summed E-state index contributed by atoms with van der Waals surface area (Å²) >= 11 is 0. The van der Waals surface area contributed by atoms with Gasteiger partial charge in [0.15, 0.2) is 0 Å². The quantitative estimate of drug-likeness (QED) is 0.657. The molecular weight excluding hydrogens is 162 g/mol. The van der Waals surface area contributed by atoms with Crippen molar-refractivity contribution in [1.82, 2.24) is 4.98 Å². The molecule has 1 aliphatic carbocycles. The summed E-state index contributed by atoms with van der Waals surface area (Å²) in [6.45, 7) is 2.25. The maximum atomic E-state index is 5.15. The lowest BCUT2D eigenvalue weighted by atomic mass is 9.88. The molecule has 13 heavy (non-hydrogen) atoms. The van der Waals surface area contributed by atoms with Gasteiger partial charge < -0.3 is 4.74 Å². The van der Waals surface area contributed by atoms with Crippen LogP contribution in [0.25, 0.3) is 0 Å². The summed E-state index contributed by atoms with van der Waals surface area (Å²) < 4.78 is 5.15. The van der Waals surface area contributed by atoms with Crippen LogP contribution in [0.4, 0.5) is 0 Å². The van der Waals surface area contributed by atoms with Crippen molar-refractivity contribution in [3.05, 3.63) is 23.5 Å². The highest BCUT2D eigenvalue weighted by molar-refractivity contribution is 5.32. The number of rotatable bonds is 1. The fraction of sp³-hybridized carbons (Fsp3) is 0.545. The van der Waals surface area contributed by atoms with E-state index in [0.29, 0.717) is 5.92 Å². The molecule has 0 saturated carbocycles. The Kier molecular flexibility index (Phi) is 2.21. The van der Waals surface area contributed by atoms with Crippen molar-refractivity contribution in [2.75, 3.05) is 7.11 Å². The lowest BCUT2D eigenvalue weighted by Crippen LogP contribution is -2.09. The molecular formula is C11H15NO. The van der Waals surface area contributed by atoms with Crippen molar-refractivity contribution in [3.63, 3.8) is 0 Å². The Hall–Kier alpha value is -1.05. The predicted octanol–water partition coefficient (Wildman–Crippen LogP) is 2.53. The van der Waals surface area contributed by atoms with Gasteiger partial charge >= 0.3 is 0 Å². The van der Waals surface area contributed by atoms with Crippen LogP contribution in [0.15, 0.2) is 12.3 Å². The minimum atomic E-state index is 0.620. The monoisotopic (exact) mass is 177 g/mol. The number of hydrogen-bond donors (Lipinski definition) is 0.